The summed E-state index contributed by atoms with van der Waals surface area (Å²) in [4.78, 5) is 6.35. The molecule has 6 nitrogen and oxygen atoms in total. The average Bonchev–Trinajstić information content (AvgIpc) is 3.28. The normalized spacial score (nSPS) is 17.3. The number of likely N-dealkylation sites (tertiary alicyclic amines) is 1. The lowest BCUT2D eigenvalue weighted by atomic mass is 9.91. The van der Waals surface area contributed by atoms with Crippen LogP contribution in [0.1, 0.15) is 24.0 Å². The van der Waals surface area contributed by atoms with Gasteiger partial charge >= 0.3 is 0 Å². The number of nitrogens with one attached hydrogen (secondary N) is 1. The van der Waals surface area contributed by atoms with Crippen molar-refractivity contribution in [1.82, 2.24) is 25.0 Å². The molecule has 0 saturated carbocycles. The first-order chi connectivity index (χ1) is 15.5. The summed E-state index contributed by atoms with van der Waals surface area (Å²) in [6.07, 6.45) is 4.95. The van der Waals surface area contributed by atoms with Crippen LogP contribution in [0.4, 0.5) is 8.78 Å². The van der Waals surface area contributed by atoms with Gasteiger partial charge in [-0.3, -0.25) is 4.90 Å². The molecule has 1 aliphatic rings. The molecule has 3 aromatic rings. The standard InChI is InChI=1S/C24H29F2N5O/c25-21-6-7-22(23(26)12-21)24(32,16-31-18-28-17-29-31)15-27-13-19-8-10-30(11-9-19)14-20-4-2-1-3-5-20/h1-7,12,17-19,27,32H,8-11,13-16H2. The zero-order chi connectivity index (χ0) is 22.4. The van der Waals surface area contributed by atoms with E-state index in [9.17, 15) is 13.9 Å². The molecule has 8 heteroatoms. The number of benzene rings is 2. The van der Waals surface area contributed by atoms with Gasteiger partial charge in [0.25, 0.3) is 0 Å². The number of aromatic nitrogens is 3. The lowest BCUT2D eigenvalue weighted by molar-refractivity contribution is 0.0106. The molecule has 2 N–H and O–H groups in total. The highest BCUT2D eigenvalue weighted by Crippen LogP contribution is 2.26. The van der Waals surface area contributed by atoms with Gasteiger partial charge in [-0.05, 0) is 50.0 Å². The summed E-state index contributed by atoms with van der Waals surface area (Å²) in [6.45, 7) is 3.87. The van der Waals surface area contributed by atoms with Crippen molar-refractivity contribution in [3.63, 3.8) is 0 Å². The van der Waals surface area contributed by atoms with Crippen molar-refractivity contribution in [2.24, 2.45) is 5.92 Å². The molecular formula is C24H29F2N5O. The topological polar surface area (TPSA) is 66.2 Å². The van der Waals surface area contributed by atoms with E-state index in [1.807, 2.05) is 6.07 Å². The summed E-state index contributed by atoms with van der Waals surface area (Å²) in [5, 5.41) is 18.7. The van der Waals surface area contributed by atoms with Crippen LogP contribution in [0.5, 0.6) is 0 Å². The lowest BCUT2D eigenvalue weighted by Gasteiger charge is -2.34. The summed E-state index contributed by atoms with van der Waals surface area (Å²) in [5.74, 6) is -0.969. The van der Waals surface area contributed by atoms with E-state index in [1.165, 1.54) is 29.0 Å². The molecule has 1 fully saturated rings. The second-order valence-electron chi connectivity index (χ2n) is 8.58. The fourth-order valence-electron chi connectivity index (χ4n) is 4.36. The molecule has 0 aliphatic carbocycles. The van der Waals surface area contributed by atoms with Crippen molar-refractivity contribution >= 4 is 0 Å². The highest BCUT2D eigenvalue weighted by Gasteiger charge is 2.33. The van der Waals surface area contributed by atoms with Gasteiger partial charge < -0.3 is 10.4 Å². The van der Waals surface area contributed by atoms with Crippen LogP contribution in [0.2, 0.25) is 0 Å². The Labute approximate surface area is 186 Å². The number of nitrogens with zero attached hydrogens (tertiary/aromatic N) is 4. The highest BCUT2D eigenvalue weighted by atomic mass is 19.1. The van der Waals surface area contributed by atoms with E-state index in [4.69, 9.17) is 0 Å². The van der Waals surface area contributed by atoms with E-state index < -0.39 is 17.2 Å². The second-order valence-corrected chi connectivity index (χ2v) is 8.58. The van der Waals surface area contributed by atoms with Gasteiger partial charge in [0.15, 0.2) is 0 Å². The Kier molecular flexibility index (Phi) is 7.24. The Morgan fingerprint density at radius 2 is 1.88 bits per heavy atom. The lowest BCUT2D eigenvalue weighted by Crippen LogP contribution is -2.45. The maximum absolute atomic E-state index is 14.5. The maximum Gasteiger partial charge on any atom is 0.137 e. The van der Waals surface area contributed by atoms with Crippen molar-refractivity contribution in [2.75, 3.05) is 26.2 Å². The summed E-state index contributed by atoms with van der Waals surface area (Å²) in [6, 6.07) is 13.7. The Morgan fingerprint density at radius 3 is 2.56 bits per heavy atom. The van der Waals surface area contributed by atoms with E-state index in [0.29, 0.717) is 5.92 Å². The quantitative estimate of drug-likeness (QED) is 0.535. The molecule has 170 valence electrons. The molecule has 0 radical (unpaired) electrons. The molecule has 4 rings (SSSR count). The van der Waals surface area contributed by atoms with E-state index in [0.717, 1.165) is 51.2 Å². The van der Waals surface area contributed by atoms with Gasteiger partial charge in [0, 0.05) is 24.7 Å². The maximum atomic E-state index is 14.5. The predicted molar refractivity (Wildman–Crippen MR) is 118 cm³/mol. The third kappa shape index (κ3) is 5.76. The van der Waals surface area contributed by atoms with Crippen LogP contribution in [0.15, 0.2) is 61.2 Å². The molecule has 0 spiro atoms. The molecule has 0 amide bonds. The Morgan fingerprint density at radius 1 is 1.09 bits per heavy atom. The summed E-state index contributed by atoms with van der Waals surface area (Å²) < 4.78 is 29.4. The van der Waals surface area contributed by atoms with Crippen molar-refractivity contribution in [3.8, 4) is 0 Å². The zero-order valence-corrected chi connectivity index (χ0v) is 18.0. The van der Waals surface area contributed by atoms with Gasteiger partial charge in [0.1, 0.15) is 29.9 Å². The minimum Gasteiger partial charge on any atom is -0.382 e. The van der Waals surface area contributed by atoms with Gasteiger partial charge in [-0.1, -0.05) is 36.4 Å². The highest BCUT2D eigenvalue weighted by molar-refractivity contribution is 5.25. The monoisotopic (exact) mass is 441 g/mol. The number of hydrogen-bond donors (Lipinski definition) is 2. The Balaban J connectivity index is 1.32. The van der Waals surface area contributed by atoms with Crippen LogP contribution >= 0.6 is 0 Å². The molecule has 1 aliphatic heterocycles. The van der Waals surface area contributed by atoms with Crippen LogP contribution in [0, 0.1) is 17.6 Å². The van der Waals surface area contributed by atoms with Gasteiger partial charge in [0.05, 0.1) is 6.54 Å². The predicted octanol–water partition coefficient (Wildman–Crippen LogP) is 2.95. The van der Waals surface area contributed by atoms with Crippen LogP contribution < -0.4 is 5.32 Å². The fourth-order valence-corrected chi connectivity index (χ4v) is 4.36. The smallest absolute Gasteiger partial charge is 0.137 e. The van der Waals surface area contributed by atoms with Gasteiger partial charge in [-0.15, -0.1) is 0 Å². The van der Waals surface area contributed by atoms with Crippen molar-refractivity contribution in [1.29, 1.82) is 0 Å². The summed E-state index contributed by atoms with van der Waals surface area (Å²) in [5.41, 5.74) is -0.220. The van der Waals surface area contributed by atoms with Crippen molar-refractivity contribution in [3.05, 3.63) is 83.9 Å². The van der Waals surface area contributed by atoms with Gasteiger partial charge in [-0.25, -0.2) is 18.4 Å². The van der Waals surface area contributed by atoms with Crippen LogP contribution in [-0.4, -0.2) is 50.9 Å². The van der Waals surface area contributed by atoms with E-state index >= 15 is 0 Å². The molecule has 2 aromatic carbocycles. The molecule has 1 saturated heterocycles. The van der Waals surface area contributed by atoms with Crippen molar-refractivity contribution in [2.45, 2.75) is 31.5 Å². The molecule has 32 heavy (non-hydrogen) atoms. The van der Waals surface area contributed by atoms with E-state index in [1.54, 1.807) is 0 Å². The zero-order valence-electron chi connectivity index (χ0n) is 18.0. The van der Waals surface area contributed by atoms with Crippen LogP contribution in [-0.2, 0) is 18.7 Å². The third-order valence-electron chi connectivity index (χ3n) is 6.13. The Hall–Kier alpha value is -2.68. The van der Waals surface area contributed by atoms with Crippen LogP contribution in [0.3, 0.4) is 0 Å². The fraction of sp³-hybridized carbons (Fsp3) is 0.417. The van der Waals surface area contributed by atoms with Crippen molar-refractivity contribution < 1.29 is 13.9 Å². The minimum absolute atomic E-state index is 0.0120. The second kappa shape index (κ2) is 10.3. The van der Waals surface area contributed by atoms with Gasteiger partial charge in [0.2, 0.25) is 0 Å². The molecule has 1 aromatic heterocycles. The van der Waals surface area contributed by atoms with E-state index in [2.05, 4.69) is 44.6 Å². The first kappa shape index (κ1) is 22.5. The molecule has 1 atom stereocenters. The number of piperidine rings is 1. The number of hydrogen-bond acceptors (Lipinski definition) is 5. The Bertz CT molecular complexity index is 977. The first-order valence-corrected chi connectivity index (χ1v) is 11.0. The first-order valence-electron chi connectivity index (χ1n) is 11.0. The SMILES string of the molecule is OC(CNCC1CCN(Cc2ccccc2)CC1)(Cn1cncn1)c1ccc(F)cc1F. The van der Waals surface area contributed by atoms with Gasteiger partial charge in [-0.2, -0.15) is 5.10 Å². The molecule has 2 heterocycles. The number of rotatable bonds is 9. The number of halogens is 2. The average molecular weight is 442 g/mol. The largest absolute Gasteiger partial charge is 0.382 e. The molecule has 1 unspecified atom stereocenters. The molecule has 0 bridgehead atoms. The summed E-state index contributed by atoms with van der Waals surface area (Å²) >= 11 is 0. The minimum atomic E-state index is -1.58. The van der Waals surface area contributed by atoms with Crippen LogP contribution in [0.25, 0.3) is 0 Å². The third-order valence-corrected chi connectivity index (χ3v) is 6.13. The number of aliphatic hydroxyl groups is 1. The molecular weight excluding hydrogens is 412 g/mol. The summed E-state index contributed by atoms with van der Waals surface area (Å²) in [7, 11) is 0. The van der Waals surface area contributed by atoms with E-state index in [-0.39, 0.29) is 18.7 Å².